The second kappa shape index (κ2) is 7.59. The molecular formula is C18H17BrN2OS2. The number of aryl methyl sites for hydroxylation is 1. The van der Waals surface area contributed by atoms with Crippen LogP contribution in [0.2, 0.25) is 0 Å². The van der Waals surface area contributed by atoms with Crippen molar-refractivity contribution in [2.24, 2.45) is 0 Å². The van der Waals surface area contributed by atoms with Crippen LogP contribution < -0.4 is 0 Å². The van der Waals surface area contributed by atoms with Crippen LogP contribution in [0.3, 0.4) is 0 Å². The lowest BCUT2D eigenvalue weighted by molar-refractivity contribution is 0.0788. The number of carbonyl (C=O) groups is 1. The fraction of sp³-hybridized carbons (Fsp3) is 0.222. The first-order valence-corrected chi connectivity index (χ1v) is 10.1. The molecule has 1 amide bonds. The zero-order chi connectivity index (χ0) is 17.1. The van der Waals surface area contributed by atoms with Crippen LogP contribution in [0, 0.1) is 0 Å². The molecule has 24 heavy (non-hydrogen) atoms. The van der Waals surface area contributed by atoms with E-state index in [2.05, 4.69) is 40.0 Å². The van der Waals surface area contributed by atoms with Gasteiger partial charge >= 0.3 is 0 Å². The normalized spacial score (nSPS) is 10.8. The van der Waals surface area contributed by atoms with Gasteiger partial charge in [-0.2, -0.15) is 0 Å². The van der Waals surface area contributed by atoms with Crippen LogP contribution in [-0.2, 0) is 13.0 Å². The molecule has 0 fully saturated rings. The SMILES string of the molecule is CCc1nc(CN(C)C(=O)c2ccc(-c3ccc(Br)cc3)s2)cs1. The van der Waals surface area contributed by atoms with Gasteiger partial charge < -0.3 is 4.90 Å². The number of thiazole rings is 1. The molecule has 0 aliphatic heterocycles. The maximum atomic E-state index is 12.6. The number of nitrogens with zero attached hydrogens (tertiary/aromatic N) is 2. The fourth-order valence-electron chi connectivity index (χ4n) is 2.31. The summed E-state index contributed by atoms with van der Waals surface area (Å²) in [6.07, 6.45) is 0.934. The smallest absolute Gasteiger partial charge is 0.264 e. The summed E-state index contributed by atoms with van der Waals surface area (Å²) in [6.45, 7) is 2.63. The van der Waals surface area contributed by atoms with Crippen LogP contribution in [0.15, 0.2) is 46.3 Å². The lowest BCUT2D eigenvalue weighted by atomic mass is 10.2. The summed E-state index contributed by atoms with van der Waals surface area (Å²) in [6, 6.07) is 12.0. The highest BCUT2D eigenvalue weighted by molar-refractivity contribution is 9.10. The molecule has 0 aliphatic rings. The van der Waals surface area contributed by atoms with Gasteiger partial charge in [0.1, 0.15) is 0 Å². The van der Waals surface area contributed by atoms with Crippen LogP contribution in [0.25, 0.3) is 10.4 Å². The summed E-state index contributed by atoms with van der Waals surface area (Å²) < 4.78 is 1.05. The Morgan fingerprint density at radius 3 is 2.62 bits per heavy atom. The molecule has 0 unspecified atom stereocenters. The van der Waals surface area contributed by atoms with Crippen LogP contribution in [0.1, 0.15) is 27.3 Å². The van der Waals surface area contributed by atoms with E-state index >= 15 is 0 Å². The predicted octanol–water partition coefficient (Wildman–Crippen LogP) is 5.47. The van der Waals surface area contributed by atoms with Crippen molar-refractivity contribution in [1.29, 1.82) is 0 Å². The van der Waals surface area contributed by atoms with Crippen LogP contribution in [0.4, 0.5) is 0 Å². The Morgan fingerprint density at radius 1 is 1.21 bits per heavy atom. The molecule has 2 heterocycles. The average Bonchev–Trinajstić information content (AvgIpc) is 3.24. The van der Waals surface area contributed by atoms with Gasteiger partial charge in [-0.05, 0) is 36.2 Å². The molecular weight excluding hydrogens is 404 g/mol. The van der Waals surface area contributed by atoms with E-state index in [0.29, 0.717) is 6.54 Å². The first-order valence-electron chi connectivity index (χ1n) is 7.61. The molecule has 0 saturated heterocycles. The third-order valence-electron chi connectivity index (χ3n) is 3.59. The van der Waals surface area contributed by atoms with Crippen molar-refractivity contribution in [3.8, 4) is 10.4 Å². The highest BCUT2D eigenvalue weighted by atomic mass is 79.9. The summed E-state index contributed by atoms with van der Waals surface area (Å²) in [7, 11) is 1.83. The van der Waals surface area contributed by atoms with Gasteiger partial charge in [0.25, 0.3) is 5.91 Å². The Bertz CT molecular complexity index is 839. The third kappa shape index (κ3) is 3.94. The molecule has 0 radical (unpaired) electrons. The molecule has 0 bridgehead atoms. The second-order valence-corrected chi connectivity index (χ2v) is 8.36. The molecule has 6 heteroatoms. The van der Waals surface area contributed by atoms with Crippen LogP contribution in [0.5, 0.6) is 0 Å². The summed E-state index contributed by atoms with van der Waals surface area (Å²) in [5.74, 6) is 0.0365. The molecule has 0 spiro atoms. The number of amides is 1. The third-order valence-corrected chi connectivity index (χ3v) is 6.29. The van der Waals surface area contributed by atoms with Gasteiger partial charge in [-0.1, -0.05) is 35.0 Å². The Morgan fingerprint density at radius 2 is 1.96 bits per heavy atom. The minimum atomic E-state index is 0.0365. The fourth-order valence-corrected chi connectivity index (χ4v) is 4.32. The summed E-state index contributed by atoms with van der Waals surface area (Å²) >= 11 is 6.62. The van der Waals surface area contributed by atoms with Crippen molar-refractivity contribution < 1.29 is 4.79 Å². The molecule has 3 aromatic rings. The van der Waals surface area contributed by atoms with Crippen LogP contribution >= 0.6 is 38.6 Å². The Balaban J connectivity index is 1.71. The second-order valence-electron chi connectivity index (χ2n) is 5.42. The number of hydrogen-bond acceptors (Lipinski definition) is 4. The maximum absolute atomic E-state index is 12.6. The molecule has 0 saturated carbocycles. The molecule has 3 nitrogen and oxygen atoms in total. The number of benzene rings is 1. The van der Waals surface area contributed by atoms with Gasteiger partial charge in [0.15, 0.2) is 0 Å². The number of thiophene rings is 1. The Hall–Kier alpha value is -1.50. The lowest BCUT2D eigenvalue weighted by Crippen LogP contribution is -2.25. The van der Waals surface area contributed by atoms with E-state index in [1.54, 1.807) is 16.2 Å². The molecule has 0 atom stereocenters. The highest BCUT2D eigenvalue weighted by Crippen LogP contribution is 2.29. The van der Waals surface area contributed by atoms with E-state index < -0.39 is 0 Å². The predicted molar refractivity (Wildman–Crippen MR) is 105 cm³/mol. The van der Waals surface area contributed by atoms with Crippen molar-refractivity contribution in [3.05, 3.63) is 61.8 Å². The van der Waals surface area contributed by atoms with Crippen molar-refractivity contribution >= 4 is 44.5 Å². The summed E-state index contributed by atoms with van der Waals surface area (Å²) in [4.78, 5) is 20.7. The lowest BCUT2D eigenvalue weighted by Gasteiger charge is -2.14. The van der Waals surface area contributed by atoms with Crippen molar-refractivity contribution in [1.82, 2.24) is 9.88 Å². The number of hydrogen-bond donors (Lipinski definition) is 0. The molecule has 1 aromatic carbocycles. The van der Waals surface area contributed by atoms with E-state index in [1.807, 2.05) is 36.7 Å². The molecule has 0 aliphatic carbocycles. The minimum absolute atomic E-state index is 0.0365. The van der Waals surface area contributed by atoms with Crippen molar-refractivity contribution in [2.45, 2.75) is 19.9 Å². The number of rotatable bonds is 5. The largest absolute Gasteiger partial charge is 0.335 e. The van der Waals surface area contributed by atoms with Crippen molar-refractivity contribution in [3.63, 3.8) is 0 Å². The Kier molecular flexibility index (Phi) is 5.48. The van der Waals surface area contributed by atoms with E-state index in [1.165, 1.54) is 11.3 Å². The van der Waals surface area contributed by atoms with Gasteiger partial charge in [0.2, 0.25) is 0 Å². The standard InChI is InChI=1S/C18H17BrN2OS2/c1-3-17-20-14(11-23-17)10-21(2)18(22)16-9-8-15(24-16)12-4-6-13(19)7-5-12/h4-9,11H,3,10H2,1-2H3. The quantitative estimate of drug-likeness (QED) is 0.548. The molecule has 0 N–H and O–H groups in total. The molecule has 124 valence electrons. The first kappa shape index (κ1) is 17.3. The van der Waals surface area contributed by atoms with E-state index in [-0.39, 0.29) is 5.91 Å². The molecule has 2 aromatic heterocycles. The van der Waals surface area contributed by atoms with E-state index in [4.69, 9.17) is 0 Å². The first-order chi connectivity index (χ1) is 11.6. The number of carbonyl (C=O) groups excluding carboxylic acids is 1. The zero-order valence-electron chi connectivity index (χ0n) is 13.5. The zero-order valence-corrected chi connectivity index (χ0v) is 16.7. The van der Waals surface area contributed by atoms with Crippen molar-refractivity contribution in [2.75, 3.05) is 7.05 Å². The summed E-state index contributed by atoms with van der Waals surface area (Å²) in [5, 5.41) is 3.14. The van der Waals surface area contributed by atoms with Crippen LogP contribution in [-0.4, -0.2) is 22.8 Å². The number of halogens is 1. The van der Waals surface area contributed by atoms with E-state index in [9.17, 15) is 4.79 Å². The number of aromatic nitrogens is 1. The Labute approximate surface area is 158 Å². The molecule has 3 rings (SSSR count). The summed E-state index contributed by atoms with van der Waals surface area (Å²) in [5.41, 5.74) is 2.08. The minimum Gasteiger partial charge on any atom is -0.335 e. The topological polar surface area (TPSA) is 33.2 Å². The maximum Gasteiger partial charge on any atom is 0.264 e. The van der Waals surface area contributed by atoms with Gasteiger partial charge in [0, 0.05) is 21.8 Å². The monoisotopic (exact) mass is 420 g/mol. The highest BCUT2D eigenvalue weighted by Gasteiger charge is 2.16. The van der Waals surface area contributed by atoms with Gasteiger partial charge in [-0.15, -0.1) is 22.7 Å². The van der Waals surface area contributed by atoms with E-state index in [0.717, 1.165) is 36.9 Å². The van der Waals surface area contributed by atoms with Gasteiger partial charge in [-0.3, -0.25) is 4.79 Å². The van der Waals surface area contributed by atoms with Gasteiger partial charge in [0.05, 0.1) is 22.1 Å². The average molecular weight is 421 g/mol. The van der Waals surface area contributed by atoms with Gasteiger partial charge in [-0.25, -0.2) is 4.98 Å².